The maximum atomic E-state index is 13.4. The minimum atomic E-state index is -3.54. The molecule has 0 aliphatic carbocycles. The van der Waals surface area contributed by atoms with E-state index in [1.807, 2.05) is 32.6 Å². The molecule has 5 nitrogen and oxygen atoms in total. The number of benzene rings is 1. The number of nitrogens with zero attached hydrogens (tertiary/aromatic N) is 2. The van der Waals surface area contributed by atoms with Gasteiger partial charge in [-0.2, -0.15) is 4.31 Å². The molecule has 2 aliphatic heterocycles. The van der Waals surface area contributed by atoms with Crippen molar-refractivity contribution in [2.75, 3.05) is 26.2 Å². The summed E-state index contributed by atoms with van der Waals surface area (Å²) in [5, 5.41) is 0. The number of aryl methyl sites for hydroxylation is 2. The normalized spacial score (nSPS) is 20.2. The lowest BCUT2D eigenvalue weighted by molar-refractivity contribution is -0.136. The van der Waals surface area contributed by atoms with E-state index in [9.17, 15) is 13.2 Å². The van der Waals surface area contributed by atoms with E-state index < -0.39 is 10.0 Å². The molecule has 0 bridgehead atoms. The Morgan fingerprint density at radius 3 is 1.86 bits per heavy atom. The van der Waals surface area contributed by atoms with Crippen molar-refractivity contribution in [1.29, 1.82) is 0 Å². The molecule has 0 radical (unpaired) electrons. The Kier molecular flexibility index (Phi) is 6.50. The van der Waals surface area contributed by atoms with Gasteiger partial charge in [-0.1, -0.05) is 18.9 Å². The van der Waals surface area contributed by atoms with Crippen LogP contribution in [0.2, 0.25) is 0 Å². The third kappa shape index (κ3) is 4.13. The smallest absolute Gasteiger partial charge is 0.243 e. The van der Waals surface area contributed by atoms with E-state index in [1.54, 1.807) is 4.31 Å². The summed E-state index contributed by atoms with van der Waals surface area (Å²) in [6, 6.07) is 2.05. The predicted octanol–water partition coefficient (Wildman–Crippen LogP) is 3.72. The highest BCUT2D eigenvalue weighted by atomic mass is 32.2. The topological polar surface area (TPSA) is 57.7 Å². The first-order valence-electron chi connectivity index (χ1n) is 10.6. The Morgan fingerprint density at radius 1 is 0.857 bits per heavy atom. The van der Waals surface area contributed by atoms with Crippen molar-refractivity contribution in [2.45, 2.75) is 71.1 Å². The van der Waals surface area contributed by atoms with Crippen molar-refractivity contribution in [3.8, 4) is 0 Å². The van der Waals surface area contributed by atoms with Crippen LogP contribution in [0.4, 0.5) is 0 Å². The van der Waals surface area contributed by atoms with Crippen molar-refractivity contribution in [3.05, 3.63) is 28.3 Å². The molecule has 2 fully saturated rings. The quantitative estimate of drug-likeness (QED) is 0.769. The fourth-order valence-corrected chi connectivity index (χ4v) is 6.63. The van der Waals surface area contributed by atoms with Gasteiger partial charge < -0.3 is 4.90 Å². The zero-order chi connectivity index (χ0) is 20.5. The molecule has 1 amide bonds. The van der Waals surface area contributed by atoms with Crippen molar-refractivity contribution >= 4 is 15.9 Å². The standard InChI is InChI=1S/C22H34N2O3S/c1-16-15-17(2)19(4)21(18(16)3)28(26,27)24-13-9-20(10-14-24)22(25)23-11-7-5-6-8-12-23/h15,20H,5-14H2,1-4H3. The molecule has 0 N–H and O–H groups in total. The molecule has 0 unspecified atom stereocenters. The van der Waals surface area contributed by atoms with Crippen LogP contribution in [-0.4, -0.2) is 49.7 Å². The number of sulfonamides is 1. The van der Waals surface area contributed by atoms with Crippen molar-refractivity contribution in [2.24, 2.45) is 5.92 Å². The molecule has 2 saturated heterocycles. The summed E-state index contributed by atoms with van der Waals surface area (Å²) in [6.45, 7) is 10.3. The van der Waals surface area contributed by atoms with E-state index in [-0.39, 0.29) is 11.8 Å². The van der Waals surface area contributed by atoms with Gasteiger partial charge in [-0.3, -0.25) is 4.79 Å². The van der Waals surface area contributed by atoms with Crippen LogP contribution in [-0.2, 0) is 14.8 Å². The summed E-state index contributed by atoms with van der Waals surface area (Å²) >= 11 is 0. The molecule has 0 atom stereocenters. The van der Waals surface area contributed by atoms with Crippen LogP contribution in [0, 0.1) is 33.6 Å². The molecule has 1 aromatic rings. The third-order valence-corrected chi connectivity index (χ3v) is 8.79. The average Bonchev–Trinajstić information content (AvgIpc) is 2.95. The van der Waals surface area contributed by atoms with Crippen LogP contribution in [0.25, 0.3) is 0 Å². The summed E-state index contributed by atoms with van der Waals surface area (Å²) in [4.78, 5) is 15.4. The largest absolute Gasteiger partial charge is 0.342 e. The van der Waals surface area contributed by atoms with Crippen LogP contribution in [0.5, 0.6) is 0 Å². The number of amides is 1. The van der Waals surface area contributed by atoms with Crippen LogP contribution < -0.4 is 0 Å². The fraction of sp³-hybridized carbons (Fsp3) is 0.682. The molecule has 6 heteroatoms. The Hall–Kier alpha value is -1.40. The Labute approximate surface area is 170 Å². The maximum absolute atomic E-state index is 13.4. The molecule has 28 heavy (non-hydrogen) atoms. The number of likely N-dealkylation sites (tertiary alicyclic amines) is 1. The Balaban J connectivity index is 1.73. The Morgan fingerprint density at radius 2 is 1.36 bits per heavy atom. The molecule has 2 heterocycles. The number of hydrogen-bond acceptors (Lipinski definition) is 3. The second-order valence-corrected chi connectivity index (χ2v) is 10.4. The average molecular weight is 407 g/mol. The van der Waals surface area contributed by atoms with Gasteiger partial charge in [0.15, 0.2) is 0 Å². The van der Waals surface area contributed by atoms with Gasteiger partial charge >= 0.3 is 0 Å². The summed E-state index contributed by atoms with van der Waals surface area (Å²) in [7, 11) is -3.54. The van der Waals surface area contributed by atoms with E-state index in [0.717, 1.165) is 48.2 Å². The van der Waals surface area contributed by atoms with Gasteiger partial charge in [-0.05, 0) is 75.6 Å². The lowest BCUT2D eigenvalue weighted by Crippen LogP contribution is -2.44. The summed E-state index contributed by atoms with van der Waals surface area (Å²) < 4.78 is 28.4. The first-order valence-corrected chi connectivity index (χ1v) is 12.0. The minimum Gasteiger partial charge on any atom is -0.342 e. The van der Waals surface area contributed by atoms with Gasteiger partial charge in [0.1, 0.15) is 0 Å². The van der Waals surface area contributed by atoms with Gasteiger partial charge in [0, 0.05) is 32.1 Å². The lowest BCUT2D eigenvalue weighted by Gasteiger charge is -2.34. The van der Waals surface area contributed by atoms with Crippen molar-refractivity contribution in [3.63, 3.8) is 0 Å². The van der Waals surface area contributed by atoms with E-state index in [2.05, 4.69) is 6.07 Å². The van der Waals surface area contributed by atoms with Gasteiger partial charge in [-0.25, -0.2) is 8.42 Å². The molecule has 2 aliphatic rings. The highest BCUT2D eigenvalue weighted by molar-refractivity contribution is 7.89. The number of carbonyl (C=O) groups is 1. The molecule has 1 aromatic carbocycles. The SMILES string of the molecule is Cc1cc(C)c(C)c(S(=O)(=O)N2CCC(C(=O)N3CCCCCC3)CC2)c1C. The molecule has 0 aromatic heterocycles. The summed E-state index contributed by atoms with van der Waals surface area (Å²) in [6.07, 6.45) is 5.83. The monoisotopic (exact) mass is 406 g/mol. The van der Waals surface area contributed by atoms with E-state index >= 15 is 0 Å². The van der Waals surface area contributed by atoms with Crippen molar-refractivity contribution < 1.29 is 13.2 Å². The first kappa shape index (κ1) is 21.3. The van der Waals surface area contributed by atoms with E-state index in [1.165, 1.54) is 12.8 Å². The molecule has 3 rings (SSSR count). The Bertz CT molecular complexity index is 806. The van der Waals surface area contributed by atoms with Gasteiger partial charge in [0.05, 0.1) is 4.90 Å². The lowest BCUT2D eigenvalue weighted by atomic mass is 9.96. The fourth-order valence-electron chi connectivity index (χ4n) is 4.59. The van der Waals surface area contributed by atoms with Crippen LogP contribution in [0.3, 0.4) is 0 Å². The van der Waals surface area contributed by atoms with E-state index in [4.69, 9.17) is 0 Å². The van der Waals surface area contributed by atoms with E-state index in [0.29, 0.717) is 30.8 Å². The van der Waals surface area contributed by atoms with Crippen LogP contribution in [0.15, 0.2) is 11.0 Å². The number of piperidine rings is 1. The van der Waals surface area contributed by atoms with Crippen LogP contribution in [0.1, 0.15) is 60.8 Å². The maximum Gasteiger partial charge on any atom is 0.243 e. The zero-order valence-corrected chi connectivity index (χ0v) is 18.6. The zero-order valence-electron chi connectivity index (χ0n) is 17.8. The molecular weight excluding hydrogens is 372 g/mol. The number of carbonyl (C=O) groups excluding carboxylic acids is 1. The van der Waals surface area contributed by atoms with Gasteiger partial charge in [-0.15, -0.1) is 0 Å². The molecular formula is C22H34N2O3S. The van der Waals surface area contributed by atoms with Crippen LogP contribution >= 0.6 is 0 Å². The van der Waals surface area contributed by atoms with Crippen molar-refractivity contribution in [1.82, 2.24) is 9.21 Å². The summed E-state index contributed by atoms with van der Waals surface area (Å²) in [5.74, 6) is 0.198. The molecule has 0 saturated carbocycles. The third-order valence-electron chi connectivity index (χ3n) is 6.62. The predicted molar refractivity (Wildman–Crippen MR) is 112 cm³/mol. The van der Waals surface area contributed by atoms with Gasteiger partial charge in [0.25, 0.3) is 0 Å². The molecule has 156 valence electrons. The highest BCUT2D eigenvalue weighted by Crippen LogP contribution is 2.31. The first-order chi connectivity index (χ1) is 13.2. The molecule has 0 spiro atoms. The summed E-state index contributed by atoms with van der Waals surface area (Å²) in [5.41, 5.74) is 3.69. The minimum absolute atomic E-state index is 0.0361. The number of rotatable bonds is 3. The van der Waals surface area contributed by atoms with Gasteiger partial charge in [0.2, 0.25) is 15.9 Å². The highest BCUT2D eigenvalue weighted by Gasteiger charge is 2.35. The second-order valence-electron chi connectivity index (χ2n) is 8.51. The number of hydrogen-bond donors (Lipinski definition) is 0. The second kappa shape index (κ2) is 8.54.